The van der Waals surface area contributed by atoms with E-state index < -0.39 is 11.2 Å². The zero-order valence-corrected chi connectivity index (χ0v) is 5.68. The standard InChI is InChI=1S/C5H5N2OS/c1-9(8)5-2-3-6-4-7-5/h2,4H,1H3. The Morgan fingerprint density at radius 1 is 1.78 bits per heavy atom. The monoisotopic (exact) mass is 141 g/mol. The topological polar surface area (TPSA) is 48.8 Å². The van der Waals surface area contributed by atoms with Gasteiger partial charge in [0.05, 0.1) is 6.20 Å². The fourth-order valence-corrected chi connectivity index (χ4v) is 0.820. The van der Waals surface area contributed by atoms with E-state index in [9.17, 15) is 4.55 Å². The highest BCUT2D eigenvalue weighted by Crippen LogP contribution is 1.99. The van der Waals surface area contributed by atoms with Crippen LogP contribution in [0.3, 0.4) is 0 Å². The fraction of sp³-hybridized carbons (Fsp3) is 0.200. The maximum atomic E-state index is 10.6. The smallest absolute Gasteiger partial charge is 0.247 e. The molecular formula is C5H5N2OS. The van der Waals surface area contributed by atoms with Crippen LogP contribution in [0.1, 0.15) is 0 Å². The van der Waals surface area contributed by atoms with E-state index >= 15 is 0 Å². The molecule has 0 saturated heterocycles. The zero-order chi connectivity index (χ0) is 6.69. The van der Waals surface area contributed by atoms with Gasteiger partial charge in [0.15, 0.2) is 0 Å². The molecule has 9 heavy (non-hydrogen) atoms. The molecule has 0 bridgehead atoms. The van der Waals surface area contributed by atoms with Gasteiger partial charge in [-0.2, -0.15) is 4.98 Å². The summed E-state index contributed by atoms with van der Waals surface area (Å²) < 4.78 is 10.6. The molecule has 0 aliphatic carbocycles. The molecule has 1 aromatic heterocycles. The highest BCUT2D eigenvalue weighted by molar-refractivity contribution is 7.90. The van der Waals surface area contributed by atoms with Crippen LogP contribution in [-0.2, 0) is 11.2 Å². The normalized spacial score (nSPS) is 13.1. The maximum Gasteiger partial charge on any atom is 0.247 e. The largest absolute Gasteiger partial charge is 0.610 e. The van der Waals surface area contributed by atoms with Crippen molar-refractivity contribution in [3.63, 3.8) is 0 Å². The second-order valence-corrected chi connectivity index (χ2v) is 2.77. The molecule has 1 aromatic rings. The first kappa shape index (κ1) is 6.51. The van der Waals surface area contributed by atoms with Gasteiger partial charge in [0.1, 0.15) is 12.6 Å². The summed E-state index contributed by atoms with van der Waals surface area (Å²) in [6.07, 6.45) is 5.43. The van der Waals surface area contributed by atoms with E-state index in [0.717, 1.165) is 0 Å². The number of rotatable bonds is 1. The van der Waals surface area contributed by atoms with Crippen LogP contribution in [0.2, 0.25) is 0 Å². The lowest BCUT2D eigenvalue weighted by molar-refractivity contribution is 0.596. The Labute approximate surface area is 56.3 Å². The molecule has 0 fully saturated rings. The number of hydrogen-bond donors (Lipinski definition) is 0. The average Bonchev–Trinajstić information content (AvgIpc) is 1.90. The first-order valence-corrected chi connectivity index (χ1v) is 3.88. The third-order valence-electron chi connectivity index (χ3n) is 0.800. The first-order valence-electron chi connectivity index (χ1n) is 2.32. The molecule has 1 heterocycles. The molecule has 3 nitrogen and oxygen atoms in total. The molecule has 0 aliphatic heterocycles. The van der Waals surface area contributed by atoms with Crippen LogP contribution in [0.15, 0.2) is 17.4 Å². The Bertz CT molecular complexity index is 178. The number of hydrogen-bond acceptors (Lipinski definition) is 3. The van der Waals surface area contributed by atoms with Gasteiger partial charge >= 0.3 is 0 Å². The van der Waals surface area contributed by atoms with Gasteiger partial charge in [0.2, 0.25) is 5.03 Å². The lowest BCUT2D eigenvalue weighted by Crippen LogP contribution is -1.99. The minimum atomic E-state index is -1.01. The summed E-state index contributed by atoms with van der Waals surface area (Å²) in [5.41, 5.74) is 0. The predicted octanol–water partition coefficient (Wildman–Crippen LogP) is 0.0142. The lowest BCUT2D eigenvalue weighted by Gasteiger charge is -1.98. The molecule has 1 atom stereocenters. The molecule has 4 heteroatoms. The Morgan fingerprint density at radius 3 is 2.89 bits per heavy atom. The molecule has 0 spiro atoms. The summed E-state index contributed by atoms with van der Waals surface area (Å²) in [5, 5.41) is 0.519. The third kappa shape index (κ3) is 1.65. The summed E-state index contributed by atoms with van der Waals surface area (Å²) >= 11 is -1.01. The molecule has 1 unspecified atom stereocenters. The summed E-state index contributed by atoms with van der Waals surface area (Å²) in [4.78, 5) is 7.29. The van der Waals surface area contributed by atoms with Crippen molar-refractivity contribution in [1.29, 1.82) is 0 Å². The van der Waals surface area contributed by atoms with Crippen LogP contribution < -0.4 is 0 Å². The van der Waals surface area contributed by atoms with Gasteiger partial charge in [-0.15, -0.1) is 0 Å². The molecule has 1 rings (SSSR count). The fourth-order valence-electron chi connectivity index (χ4n) is 0.406. The van der Waals surface area contributed by atoms with Crippen LogP contribution in [-0.4, -0.2) is 20.8 Å². The van der Waals surface area contributed by atoms with Crippen molar-refractivity contribution in [2.45, 2.75) is 5.03 Å². The number of aromatic nitrogens is 2. The molecule has 0 aliphatic rings. The quantitative estimate of drug-likeness (QED) is 0.409. The number of nitrogens with zero attached hydrogens (tertiary/aromatic N) is 2. The second kappa shape index (κ2) is 2.80. The van der Waals surface area contributed by atoms with Crippen molar-refractivity contribution in [1.82, 2.24) is 9.97 Å². The lowest BCUT2D eigenvalue weighted by atomic mass is 10.7. The van der Waals surface area contributed by atoms with Crippen LogP contribution in [0.4, 0.5) is 0 Å². The van der Waals surface area contributed by atoms with Crippen LogP contribution >= 0.6 is 0 Å². The Hall–Kier alpha value is -0.610. The highest BCUT2D eigenvalue weighted by Gasteiger charge is 2.01. The highest BCUT2D eigenvalue weighted by atomic mass is 32.2. The Kier molecular flexibility index (Phi) is 2.02. The van der Waals surface area contributed by atoms with Crippen molar-refractivity contribution in [3.8, 4) is 0 Å². The van der Waals surface area contributed by atoms with Gasteiger partial charge in [0, 0.05) is 17.2 Å². The maximum absolute atomic E-state index is 10.6. The Morgan fingerprint density at radius 2 is 2.56 bits per heavy atom. The molecule has 0 saturated carbocycles. The Balaban J connectivity index is 2.85. The molecule has 0 aromatic carbocycles. The second-order valence-electron chi connectivity index (χ2n) is 1.44. The van der Waals surface area contributed by atoms with Crippen LogP contribution in [0.5, 0.6) is 0 Å². The molecular weight excluding hydrogens is 136 g/mol. The van der Waals surface area contributed by atoms with Gasteiger partial charge in [0.25, 0.3) is 0 Å². The van der Waals surface area contributed by atoms with E-state index in [1.54, 1.807) is 6.26 Å². The molecule has 1 radical (unpaired) electrons. The van der Waals surface area contributed by atoms with Gasteiger partial charge in [-0.05, 0) is 0 Å². The minimum absolute atomic E-state index is 0.519. The molecule has 47 valence electrons. The van der Waals surface area contributed by atoms with Crippen LogP contribution in [0.25, 0.3) is 0 Å². The van der Waals surface area contributed by atoms with Gasteiger partial charge < -0.3 is 4.55 Å². The third-order valence-corrected chi connectivity index (χ3v) is 1.61. The van der Waals surface area contributed by atoms with E-state index in [0.29, 0.717) is 5.03 Å². The van der Waals surface area contributed by atoms with Crippen LogP contribution in [0, 0.1) is 6.20 Å². The van der Waals surface area contributed by atoms with Gasteiger partial charge in [-0.1, -0.05) is 0 Å². The molecule has 0 N–H and O–H groups in total. The van der Waals surface area contributed by atoms with E-state index in [1.807, 2.05) is 0 Å². The summed E-state index contributed by atoms with van der Waals surface area (Å²) in [5.74, 6) is 0. The average molecular weight is 141 g/mol. The van der Waals surface area contributed by atoms with Gasteiger partial charge in [-0.3, -0.25) is 0 Å². The summed E-state index contributed by atoms with van der Waals surface area (Å²) in [6.45, 7) is 0. The van der Waals surface area contributed by atoms with E-state index in [4.69, 9.17) is 0 Å². The van der Waals surface area contributed by atoms with Crippen molar-refractivity contribution in [3.05, 3.63) is 18.6 Å². The van der Waals surface area contributed by atoms with Gasteiger partial charge in [-0.25, -0.2) is 4.98 Å². The summed E-state index contributed by atoms with van der Waals surface area (Å²) in [7, 11) is 0. The van der Waals surface area contributed by atoms with E-state index in [2.05, 4.69) is 16.2 Å². The summed E-state index contributed by atoms with van der Waals surface area (Å²) in [6, 6.07) is 1.51. The van der Waals surface area contributed by atoms with Crippen molar-refractivity contribution >= 4 is 11.2 Å². The van der Waals surface area contributed by atoms with Crippen molar-refractivity contribution in [2.24, 2.45) is 0 Å². The minimum Gasteiger partial charge on any atom is -0.610 e. The van der Waals surface area contributed by atoms with Crippen molar-refractivity contribution in [2.75, 3.05) is 6.26 Å². The van der Waals surface area contributed by atoms with E-state index in [-0.39, 0.29) is 0 Å². The zero-order valence-electron chi connectivity index (χ0n) is 4.87. The van der Waals surface area contributed by atoms with E-state index in [1.165, 1.54) is 12.4 Å². The van der Waals surface area contributed by atoms with Crippen molar-refractivity contribution < 1.29 is 4.55 Å². The predicted molar refractivity (Wildman–Crippen MR) is 33.2 cm³/mol. The SMILES string of the molecule is C[S+]([O-])c1c[c]ncn1. The molecule has 0 amide bonds. The first-order chi connectivity index (χ1) is 4.30.